The summed E-state index contributed by atoms with van der Waals surface area (Å²) in [5.74, 6) is -0.193. The van der Waals surface area contributed by atoms with E-state index in [1.54, 1.807) is 11.3 Å². The number of aryl methyl sites for hydroxylation is 1. The second-order valence-corrected chi connectivity index (χ2v) is 5.77. The third kappa shape index (κ3) is 1.39. The molecule has 0 aromatic carbocycles. The van der Waals surface area contributed by atoms with Crippen molar-refractivity contribution in [3.8, 4) is 0 Å². The molecule has 80 valence electrons. The smallest absolute Gasteiger partial charge is 0.267 e. The molecule has 0 fully saturated rings. The summed E-state index contributed by atoms with van der Waals surface area (Å²) in [5, 5.41) is 0.781. The summed E-state index contributed by atoms with van der Waals surface area (Å²) in [5.41, 5.74) is 1.90. The predicted octanol–water partition coefficient (Wildman–Crippen LogP) is 1.36. The van der Waals surface area contributed by atoms with Gasteiger partial charge in [-0.15, -0.1) is 11.3 Å². The first kappa shape index (κ1) is 9.35. The van der Waals surface area contributed by atoms with Crippen molar-refractivity contribution in [2.75, 3.05) is 4.72 Å². The fourth-order valence-electron chi connectivity index (χ4n) is 2.12. The maximum absolute atomic E-state index is 11.7. The average Bonchev–Trinajstić information content (AvgIpc) is 2.54. The second-order valence-electron chi connectivity index (χ2n) is 3.72. The Bertz CT molecular complexity index is 467. The number of rotatable bonds is 0. The van der Waals surface area contributed by atoms with E-state index in [9.17, 15) is 9.00 Å². The summed E-state index contributed by atoms with van der Waals surface area (Å²) in [7, 11) is 0. The van der Waals surface area contributed by atoms with E-state index >= 15 is 0 Å². The summed E-state index contributed by atoms with van der Waals surface area (Å²) in [6, 6.07) is 0. The Kier molecular flexibility index (Phi) is 2.07. The Balaban J connectivity index is 2.16. The summed E-state index contributed by atoms with van der Waals surface area (Å²) in [4.78, 5) is 13.0. The molecular weight excluding hydrogens is 232 g/mol. The third-order valence-electron chi connectivity index (χ3n) is 2.77. The number of hydrogen-bond donors (Lipinski definition) is 2. The van der Waals surface area contributed by atoms with Crippen molar-refractivity contribution in [1.29, 1.82) is 0 Å². The molecule has 1 amide bonds. The van der Waals surface area contributed by atoms with Crippen molar-refractivity contribution in [3.05, 3.63) is 16.0 Å². The number of nitrogens with one attached hydrogen (secondary N) is 2. The Labute approximate surface area is 93.8 Å². The molecule has 0 radical (unpaired) electrons. The minimum atomic E-state index is -1.45. The number of fused-ring (bicyclic) bond motifs is 3. The van der Waals surface area contributed by atoms with Gasteiger partial charge in [0.05, 0.1) is 5.56 Å². The number of anilines is 1. The zero-order chi connectivity index (χ0) is 10.4. The highest BCUT2D eigenvalue weighted by atomic mass is 32.2. The van der Waals surface area contributed by atoms with Crippen molar-refractivity contribution in [3.63, 3.8) is 0 Å². The molecule has 0 spiro atoms. The van der Waals surface area contributed by atoms with Gasteiger partial charge in [0, 0.05) is 4.88 Å². The van der Waals surface area contributed by atoms with Crippen molar-refractivity contribution < 1.29 is 9.00 Å². The highest BCUT2D eigenvalue weighted by molar-refractivity contribution is 7.85. The Morgan fingerprint density at radius 2 is 2.00 bits per heavy atom. The zero-order valence-corrected chi connectivity index (χ0v) is 9.59. The number of carbonyl (C=O) groups is 1. The molecule has 2 heterocycles. The van der Waals surface area contributed by atoms with Crippen LogP contribution in [0.5, 0.6) is 0 Å². The molecule has 1 aliphatic carbocycles. The lowest BCUT2D eigenvalue weighted by atomic mass is 9.95. The van der Waals surface area contributed by atoms with Gasteiger partial charge in [-0.2, -0.15) is 0 Å². The van der Waals surface area contributed by atoms with Gasteiger partial charge < -0.3 is 0 Å². The van der Waals surface area contributed by atoms with Gasteiger partial charge in [0.1, 0.15) is 5.00 Å². The fraction of sp³-hybridized carbons (Fsp3) is 0.444. The van der Waals surface area contributed by atoms with Crippen LogP contribution in [0.3, 0.4) is 0 Å². The SMILES string of the molecule is O=C1N[S@](=O)Nc2sc3c(c21)CCCC3. The summed E-state index contributed by atoms with van der Waals surface area (Å²) < 4.78 is 16.4. The highest BCUT2D eigenvalue weighted by Gasteiger charge is 2.29. The van der Waals surface area contributed by atoms with Crippen LogP contribution in [0.2, 0.25) is 0 Å². The highest BCUT2D eigenvalue weighted by Crippen LogP contribution is 2.39. The molecule has 15 heavy (non-hydrogen) atoms. The van der Waals surface area contributed by atoms with Gasteiger partial charge in [-0.3, -0.25) is 14.2 Å². The first-order valence-corrected chi connectivity index (χ1v) is 6.86. The van der Waals surface area contributed by atoms with E-state index in [1.807, 2.05) is 0 Å². The van der Waals surface area contributed by atoms with Crippen LogP contribution >= 0.6 is 11.3 Å². The maximum Gasteiger partial charge on any atom is 0.267 e. The van der Waals surface area contributed by atoms with Gasteiger partial charge in [-0.05, 0) is 31.2 Å². The summed E-state index contributed by atoms with van der Waals surface area (Å²) in [6.45, 7) is 0. The van der Waals surface area contributed by atoms with Crippen molar-refractivity contribution >= 4 is 33.4 Å². The van der Waals surface area contributed by atoms with Crippen LogP contribution in [-0.2, 0) is 24.0 Å². The summed E-state index contributed by atoms with van der Waals surface area (Å²) >= 11 is 0.131. The first-order valence-electron chi connectivity index (χ1n) is 4.89. The van der Waals surface area contributed by atoms with Gasteiger partial charge in [0.2, 0.25) is 11.2 Å². The monoisotopic (exact) mass is 242 g/mol. The van der Waals surface area contributed by atoms with Crippen LogP contribution in [0.25, 0.3) is 0 Å². The molecule has 1 aliphatic heterocycles. The van der Waals surface area contributed by atoms with Crippen LogP contribution in [0.1, 0.15) is 33.6 Å². The maximum atomic E-state index is 11.7. The van der Waals surface area contributed by atoms with Gasteiger partial charge in [-0.25, -0.2) is 4.21 Å². The number of amides is 1. The van der Waals surface area contributed by atoms with Crippen molar-refractivity contribution in [2.24, 2.45) is 0 Å². The van der Waals surface area contributed by atoms with Gasteiger partial charge in [0.15, 0.2) is 0 Å². The minimum Gasteiger partial charge on any atom is -0.278 e. The predicted molar refractivity (Wildman–Crippen MR) is 60.2 cm³/mol. The van der Waals surface area contributed by atoms with E-state index in [1.165, 1.54) is 16.9 Å². The van der Waals surface area contributed by atoms with E-state index < -0.39 is 11.2 Å². The van der Waals surface area contributed by atoms with Gasteiger partial charge in [0.25, 0.3) is 5.91 Å². The lowest BCUT2D eigenvalue weighted by Crippen LogP contribution is -2.35. The number of carbonyl (C=O) groups excluding carboxylic acids is 1. The molecule has 1 aromatic rings. The lowest BCUT2D eigenvalue weighted by Gasteiger charge is -2.15. The Morgan fingerprint density at radius 1 is 1.20 bits per heavy atom. The van der Waals surface area contributed by atoms with E-state index in [0.717, 1.165) is 29.8 Å². The van der Waals surface area contributed by atoms with E-state index in [0.29, 0.717) is 0 Å². The molecule has 3 rings (SSSR count). The van der Waals surface area contributed by atoms with Gasteiger partial charge >= 0.3 is 0 Å². The van der Waals surface area contributed by atoms with Crippen LogP contribution < -0.4 is 9.44 Å². The van der Waals surface area contributed by atoms with E-state index in [2.05, 4.69) is 9.44 Å². The Morgan fingerprint density at radius 3 is 2.87 bits per heavy atom. The zero-order valence-electron chi connectivity index (χ0n) is 7.96. The fourth-order valence-corrected chi connectivity index (χ4v) is 4.25. The van der Waals surface area contributed by atoms with Gasteiger partial charge in [-0.1, -0.05) is 0 Å². The molecule has 0 saturated heterocycles. The molecule has 4 nitrogen and oxygen atoms in total. The van der Waals surface area contributed by atoms with Crippen LogP contribution in [0.4, 0.5) is 5.00 Å². The molecule has 1 atom stereocenters. The standard InChI is InChI=1S/C9H10N2O2S2/c12-8-7-5-3-1-2-4-6(5)14-9(7)11-15(13)10-8/h11H,1-4H2,(H,10,12)/t15-/m0/s1. The average molecular weight is 242 g/mol. The third-order valence-corrected chi connectivity index (χ3v) is 4.87. The lowest BCUT2D eigenvalue weighted by molar-refractivity contribution is 0.0982. The molecule has 2 aliphatic rings. The van der Waals surface area contributed by atoms with Crippen molar-refractivity contribution in [2.45, 2.75) is 25.7 Å². The van der Waals surface area contributed by atoms with Crippen LogP contribution in [-0.4, -0.2) is 10.1 Å². The quantitative estimate of drug-likeness (QED) is 0.721. The number of hydrogen-bond acceptors (Lipinski definition) is 3. The van der Waals surface area contributed by atoms with Crippen LogP contribution in [0, 0.1) is 0 Å². The first-order chi connectivity index (χ1) is 7.25. The molecule has 0 unspecified atom stereocenters. The second kappa shape index (κ2) is 3.31. The minimum absolute atomic E-state index is 0.193. The van der Waals surface area contributed by atoms with E-state index in [4.69, 9.17) is 0 Å². The number of thiophene rings is 1. The molecule has 1 aromatic heterocycles. The normalized spacial score (nSPS) is 23.7. The van der Waals surface area contributed by atoms with Crippen molar-refractivity contribution in [1.82, 2.24) is 4.72 Å². The summed E-state index contributed by atoms with van der Waals surface area (Å²) in [6.07, 6.45) is 4.36. The molecule has 0 saturated carbocycles. The largest absolute Gasteiger partial charge is 0.278 e. The topological polar surface area (TPSA) is 58.2 Å². The molecule has 0 bridgehead atoms. The molecule has 2 N–H and O–H groups in total. The van der Waals surface area contributed by atoms with Crippen LogP contribution in [0.15, 0.2) is 0 Å². The Hall–Kier alpha value is -0.880. The molecule has 6 heteroatoms. The molecular formula is C9H10N2O2S2. The van der Waals surface area contributed by atoms with E-state index in [-0.39, 0.29) is 5.91 Å².